The van der Waals surface area contributed by atoms with Crippen molar-refractivity contribution in [2.45, 2.75) is 20.8 Å². The molecule has 0 amide bonds. The van der Waals surface area contributed by atoms with E-state index >= 15 is 0 Å². The monoisotopic (exact) mass is 319 g/mol. The van der Waals surface area contributed by atoms with Gasteiger partial charge in [0.25, 0.3) is 0 Å². The van der Waals surface area contributed by atoms with E-state index < -0.39 is 0 Å². The quantitative estimate of drug-likeness (QED) is 0.733. The summed E-state index contributed by atoms with van der Waals surface area (Å²) >= 11 is 0. The molecule has 0 spiro atoms. The third-order valence-corrected chi connectivity index (χ3v) is 3.86. The minimum absolute atomic E-state index is 0.591. The summed E-state index contributed by atoms with van der Waals surface area (Å²) in [4.78, 5) is 13.5. The molecule has 2 heterocycles. The fourth-order valence-electron chi connectivity index (χ4n) is 2.42. The van der Waals surface area contributed by atoms with Gasteiger partial charge in [0.1, 0.15) is 5.82 Å². The Hall–Kier alpha value is -2.95. The zero-order valence-corrected chi connectivity index (χ0v) is 14.2. The van der Waals surface area contributed by atoms with Gasteiger partial charge in [-0.3, -0.25) is 4.98 Å². The molecule has 2 N–H and O–H groups in total. The van der Waals surface area contributed by atoms with Crippen molar-refractivity contribution in [3.05, 3.63) is 59.8 Å². The SMILES string of the molecule is CCNc1nc(Nc2cccc(C)c2C)cc(-c2ccccn2)n1. The molecule has 0 aliphatic carbocycles. The highest BCUT2D eigenvalue weighted by atomic mass is 15.1. The number of aryl methyl sites for hydroxylation is 1. The lowest BCUT2D eigenvalue weighted by Crippen LogP contribution is -2.06. The Morgan fingerprint density at radius 1 is 0.958 bits per heavy atom. The van der Waals surface area contributed by atoms with Gasteiger partial charge in [-0.2, -0.15) is 4.98 Å². The number of anilines is 3. The van der Waals surface area contributed by atoms with E-state index in [1.54, 1.807) is 6.20 Å². The average Bonchev–Trinajstić information content (AvgIpc) is 2.60. The molecule has 0 atom stereocenters. The normalized spacial score (nSPS) is 10.5. The van der Waals surface area contributed by atoms with Crippen LogP contribution in [0.15, 0.2) is 48.7 Å². The molecule has 24 heavy (non-hydrogen) atoms. The first-order chi connectivity index (χ1) is 11.7. The standard InChI is InChI=1S/C19H21N5/c1-4-20-19-23-17(16-9-5-6-11-21-16)12-18(24-19)22-15-10-7-8-13(2)14(15)3/h5-12H,4H2,1-3H3,(H2,20,22,23,24). The maximum atomic E-state index is 4.55. The van der Waals surface area contributed by atoms with Gasteiger partial charge in [-0.1, -0.05) is 18.2 Å². The molecule has 5 nitrogen and oxygen atoms in total. The zero-order valence-electron chi connectivity index (χ0n) is 14.2. The lowest BCUT2D eigenvalue weighted by Gasteiger charge is -2.13. The summed E-state index contributed by atoms with van der Waals surface area (Å²) in [5.41, 5.74) is 5.10. The van der Waals surface area contributed by atoms with Crippen LogP contribution in [0.2, 0.25) is 0 Å². The van der Waals surface area contributed by atoms with Crippen LogP contribution in [0.4, 0.5) is 17.5 Å². The van der Waals surface area contributed by atoms with Gasteiger partial charge in [0.2, 0.25) is 5.95 Å². The van der Waals surface area contributed by atoms with Crippen LogP contribution in [0.3, 0.4) is 0 Å². The van der Waals surface area contributed by atoms with E-state index in [1.165, 1.54) is 11.1 Å². The maximum Gasteiger partial charge on any atom is 0.225 e. The summed E-state index contributed by atoms with van der Waals surface area (Å²) in [5.74, 6) is 1.34. The fourth-order valence-corrected chi connectivity index (χ4v) is 2.42. The number of aromatic nitrogens is 3. The van der Waals surface area contributed by atoms with Gasteiger partial charge in [0, 0.05) is 24.5 Å². The van der Waals surface area contributed by atoms with Crippen LogP contribution in [0, 0.1) is 13.8 Å². The molecule has 3 aromatic rings. The molecule has 0 aliphatic rings. The summed E-state index contributed by atoms with van der Waals surface area (Å²) < 4.78 is 0. The van der Waals surface area contributed by atoms with E-state index in [9.17, 15) is 0 Å². The largest absolute Gasteiger partial charge is 0.354 e. The second-order valence-electron chi connectivity index (χ2n) is 5.58. The van der Waals surface area contributed by atoms with E-state index in [0.717, 1.165) is 29.4 Å². The van der Waals surface area contributed by atoms with E-state index in [4.69, 9.17) is 0 Å². The summed E-state index contributed by atoms with van der Waals surface area (Å²) in [6, 6.07) is 13.9. The maximum absolute atomic E-state index is 4.55. The van der Waals surface area contributed by atoms with Crippen molar-refractivity contribution in [3.8, 4) is 11.4 Å². The van der Waals surface area contributed by atoms with Crippen LogP contribution in [-0.4, -0.2) is 21.5 Å². The molecule has 5 heteroatoms. The third kappa shape index (κ3) is 3.51. The molecule has 0 fully saturated rings. The molecule has 0 saturated heterocycles. The van der Waals surface area contributed by atoms with Gasteiger partial charge in [-0.05, 0) is 50.1 Å². The molecule has 0 bridgehead atoms. The molecule has 1 aromatic carbocycles. The Labute approximate surface area is 142 Å². The molecule has 0 saturated carbocycles. The lowest BCUT2D eigenvalue weighted by atomic mass is 10.1. The number of benzene rings is 1. The van der Waals surface area contributed by atoms with Gasteiger partial charge in [-0.25, -0.2) is 4.98 Å². The predicted molar refractivity (Wildman–Crippen MR) is 98.6 cm³/mol. The number of nitrogens with one attached hydrogen (secondary N) is 2. The molecular weight excluding hydrogens is 298 g/mol. The first-order valence-corrected chi connectivity index (χ1v) is 8.05. The Morgan fingerprint density at radius 2 is 1.83 bits per heavy atom. The second kappa shape index (κ2) is 7.08. The Balaban J connectivity index is 2.00. The van der Waals surface area contributed by atoms with Crippen LogP contribution in [0.25, 0.3) is 11.4 Å². The number of hydrogen-bond donors (Lipinski definition) is 2. The Bertz CT molecular complexity index is 830. The zero-order chi connectivity index (χ0) is 16.9. The third-order valence-electron chi connectivity index (χ3n) is 3.86. The van der Waals surface area contributed by atoms with Gasteiger partial charge >= 0.3 is 0 Å². The first kappa shape index (κ1) is 15.9. The van der Waals surface area contributed by atoms with Crippen molar-refractivity contribution in [3.63, 3.8) is 0 Å². The lowest BCUT2D eigenvalue weighted by molar-refractivity contribution is 1.08. The van der Waals surface area contributed by atoms with Crippen molar-refractivity contribution in [1.82, 2.24) is 15.0 Å². The highest BCUT2D eigenvalue weighted by Crippen LogP contribution is 2.25. The van der Waals surface area contributed by atoms with Gasteiger partial charge in [0.05, 0.1) is 11.4 Å². The molecule has 0 radical (unpaired) electrons. The van der Waals surface area contributed by atoms with E-state index in [0.29, 0.717) is 5.95 Å². The number of pyridine rings is 1. The minimum atomic E-state index is 0.591. The molecule has 2 aromatic heterocycles. The van der Waals surface area contributed by atoms with Gasteiger partial charge in [0.15, 0.2) is 0 Å². The molecular formula is C19H21N5. The van der Waals surface area contributed by atoms with Crippen LogP contribution < -0.4 is 10.6 Å². The smallest absolute Gasteiger partial charge is 0.225 e. The predicted octanol–water partition coefficient (Wildman–Crippen LogP) is 4.33. The molecule has 122 valence electrons. The van der Waals surface area contributed by atoms with Crippen molar-refractivity contribution in [2.24, 2.45) is 0 Å². The van der Waals surface area contributed by atoms with Crippen molar-refractivity contribution in [1.29, 1.82) is 0 Å². The number of rotatable bonds is 5. The fraction of sp³-hybridized carbons (Fsp3) is 0.211. The van der Waals surface area contributed by atoms with Gasteiger partial charge < -0.3 is 10.6 Å². The van der Waals surface area contributed by atoms with Crippen molar-refractivity contribution >= 4 is 17.5 Å². The highest BCUT2D eigenvalue weighted by molar-refractivity contribution is 5.67. The van der Waals surface area contributed by atoms with E-state index in [2.05, 4.69) is 51.6 Å². The van der Waals surface area contributed by atoms with Crippen LogP contribution in [-0.2, 0) is 0 Å². The summed E-state index contributed by atoms with van der Waals surface area (Å²) in [5, 5.41) is 6.58. The molecule has 0 unspecified atom stereocenters. The topological polar surface area (TPSA) is 62.7 Å². The number of hydrogen-bond acceptors (Lipinski definition) is 5. The first-order valence-electron chi connectivity index (χ1n) is 8.05. The molecule has 3 rings (SSSR count). The summed E-state index contributed by atoms with van der Waals surface area (Å²) in [7, 11) is 0. The second-order valence-corrected chi connectivity index (χ2v) is 5.58. The summed E-state index contributed by atoms with van der Waals surface area (Å²) in [6.07, 6.45) is 1.77. The summed E-state index contributed by atoms with van der Waals surface area (Å²) in [6.45, 7) is 6.98. The highest BCUT2D eigenvalue weighted by Gasteiger charge is 2.09. The average molecular weight is 319 g/mol. The Morgan fingerprint density at radius 3 is 2.58 bits per heavy atom. The van der Waals surface area contributed by atoms with E-state index in [-0.39, 0.29) is 0 Å². The number of nitrogens with zero attached hydrogens (tertiary/aromatic N) is 3. The van der Waals surface area contributed by atoms with E-state index in [1.807, 2.05) is 37.3 Å². The van der Waals surface area contributed by atoms with Crippen LogP contribution >= 0.6 is 0 Å². The van der Waals surface area contributed by atoms with Crippen LogP contribution in [0.5, 0.6) is 0 Å². The molecule has 0 aliphatic heterocycles. The minimum Gasteiger partial charge on any atom is -0.354 e. The van der Waals surface area contributed by atoms with Crippen LogP contribution in [0.1, 0.15) is 18.1 Å². The Kier molecular flexibility index (Phi) is 4.70. The van der Waals surface area contributed by atoms with Crippen molar-refractivity contribution in [2.75, 3.05) is 17.2 Å². The van der Waals surface area contributed by atoms with Gasteiger partial charge in [-0.15, -0.1) is 0 Å². The van der Waals surface area contributed by atoms with Crippen molar-refractivity contribution < 1.29 is 0 Å².